The van der Waals surface area contributed by atoms with Crippen LogP contribution in [0.5, 0.6) is 0 Å². The van der Waals surface area contributed by atoms with Gasteiger partial charge in [-0.1, -0.05) is 19.3 Å². The van der Waals surface area contributed by atoms with Crippen molar-refractivity contribution in [2.24, 2.45) is 0 Å². The molecule has 1 aromatic heterocycles. The van der Waals surface area contributed by atoms with E-state index in [1.54, 1.807) is 18.0 Å². The Morgan fingerprint density at radius 3 is 2.58 bits per heavy atom. The van der Waals surface area contributed by atoms with Gasteiger partial charge in [-0.05, 0) is 19.8 Å². The number of amides is 1. The van der Waals surface area contributed by atoms with Gasteiger partial charge in [-0.2, -0.15) is 5.10 Å². The number of nitrogens with zero attached hydrogens (tertiary/aromatic N) is 3. The molecule has 8 heteroatoms. The standard InChI is InChI=1S/C18H28N4O4/c1-4-26-17(25)11-18(8-6-5-7-9-18)20-15(23)13-22-16(24)10-14(12-19-22)21(2)3/h10,12H,4-9,11,13H2,1-3H3,(H,20,23). The Labute approximate surface area is 153 Å². The van der Waals surface area contributed by atoms with E-state index in [0.717, 1.165) is 36.8 Å². The molecule has 1 saturated carbocycles. The molecular weight excluding hydrogens is 336 g/mol. The van der Waals surface area contributed by atoms with Crippen LogP contribution in [0.1, 0.15) is 45.4 Å². The summed E-state index contributed by atoms with van der Waals surface area (Å²) >= 11 is 0. The maximum Gasteiger partial charge on any atom is 0.308 e. The molecule has 1 aliphatic rings. The van der Waals surface area contributed by atoms with Gasteiger partial charge < -0.3 is 15.0 Å². The average molecular weight is 364 g/mol. The first-order valence-corrected chi connectivity index (χ1v) is 9.06. The molecule has 1 amide bonds. The van der Waals surface area contributed by atoms with E-state index >= 15 is 0 Å². The molecule has 1 fully saturated rings. The summed E-state index contributed by atoms with van der Waals surface area (Å²) < 4.78 is 6.19. The van der Waals surface area contributed by atoms with Crippen LogP contribution in [0.4, 0.5) is 5.69 Å². The van der Waals surface area contributed by atoms with Gasteiger partial charge in [0.1, 0.15) is 6.54 Å². The SMILES string of the molecule is CCOC(=O)CC1(NC(=O)Cn2ncc(N(C)C)cc2=O)CCCCC1. The Morgan fingerprint density at radius 1 is 1.31 bits per heavy atom. The number of ether oxygens (including phenoxy) is 1. The van der Waals surface area contributed by atoms with Crippen LogP contribution in [-0.2, 0) is 20.9 Å². The lowest BCUT2D eigenvalue weighted by molar-refractivity contribution is -0.145. The van der Waals surface area contributed by atoms with Gasteiger partial charge in [0, 0.05) is 20.2 Å². The van der Waals surface area contributed by atoms with Crippen molar-refractivity contribution in [3.05, 3.63) is 22.6 Å². The minimum absolute atomic E-state index is 0.161. The summed E-state index contributed by atoms with van der Waals surface area (Å²) in [5, 5.41) is 7.04. The van der Waals surface area contributed by atoms with Crippen molar-refractivity contribution in [3.8, 4) is 0 Å². The first kappa shape index (κ1) is 19.9. The normalized spacial score (nSPS) is 16.0. The zero-order chi connectivity index (χ0) is 19.2. The summed E-state index contributed by atoms with van der Waals surface area (Å²) in [5.41, 5.74) is -0.249. The van der Waals surface area contributed by atoms with Gasteiger partial charge in [-0.15, -0.1) is 0 Å². The van der Waals surface area contributed by atoms with Crippen LogP contribution in [0, 0.1) is 0 Å². The fourth-order valence-electron chi connectivity index (χ4n) is 3.32. The Kier molecular flexibility index (Phi) is 6.76. The van der Waals surface area contributed by atoms with E-state index < -0.39 is 5.54 Å². The van der Waals surface area contributed by atoms with E-state index in [-0.39, 0.29) is 30.4 Å². The number of hydrogen-bond acceptors (Lipinski definition) is 6. The summed E-state index contributed by atoms with van der Waals surface area (Å²) in [6.45, 7) is 1.91. The monoisotopic (exact) mass is 364 g/mol. The summed E-state index contributed by atoms with van der Waals surface area (Å²) in [6, 6.07) is 1.44. The molecule has 0 bridgehead atoms. The van der Waals surface area contributed by atoms with Gasteiger partial charge in [0.15, 0.2) is 0 Å². The van der Waals surface area contributed by atoms with E-state index in [2.05, 4.69) is 10.4 Å². The van der Waals surface area contributed by atoms with Crippen molar-refractivity contribution in [1.82, 2.24) is 15.1 Å². The number of hydrogen-bond donors (Lipinski definition) is 1. The maximum atomic E-state index is 12.5. The van der Waals surface area contributed by atoms with Gasteiger partial charge in [0.25, 0.3) is 5.56 Å². The Bertz CT molecular complexity index is 693. The molecule has 1 aliphatic carbocycles. The van der Waals surface area contributed by atoms with Crippen molar-refractivity contribution in [3.63, 3.8) is 0 Å². The summed E-state index contributed by atoms with van der Waals surface area (Å²) in [6.07, 6.45) is 6.18. The molecule has 0 spiro atoms. The van der Waals surface area contributed by atoms with Gasteiger partial charge in [-0.25, -0.2) is 4.68 Å². The van der Waals surface area contributed by atoms with Crippen LogP contribution >= 0.6 is 0 Å². The molecule has 2 rings (SSSR count). The van der Waals surface area contributed by atoms with E-state index in [1.165, 1.54) is 6.07 Å². The van der Waals surface area contributed by atoms with Crippen LogP contribution in [0.2, 0.25) is 0 Å². The Morgan fingerprint density at radius 2 is 2.00 bits per heavy atom. The van der Waals surface area contributed by atoms with Gasteiger partial charge >= 0.3 is 5.97 Å². The van der Waals surface area contributed by atoms with E-state index in [1.807, 2.05) is 14.1 Å². The molecule has 0 aliphatic heterocycles. The fraction of sp³-hybridized carbons (Fsp3) is 0.667. The minimum atomic E-state index is -0.589. The lowest BCUT2D eigenvalue weighted by Gasteiger charge is -2.37. The van der Waals surface area contributed by atoms with Gasteiger partial charge in [0.2, 0.25) is 5.91 Å². The molecule has 26 heavy (non-hydrogen) atoms. The van der Waals surface area contributed by atoms with Crippen LogP contribution < -0.4 is 15.8 Å². The number of carbonyl (C=O) groups excluding carboxylic acids is 2. The Hall–Kier alpha value is -2.38. The predicted octanol–water partition coefficient (Wildman–Crippen LogP) is 1.08. The van der Waals surface area contributed by atoms with E-state index in [9.17, 15) is 14.4 Å². The summed E-state index contributed by atoms with van der Waals surface area (Å²) in [4.78, 5) is 38.4. The highest BCUT2D eigenvalue weighted by Crippen LogP contribution is 2.31. The number of esters is 1. The molecule has 1 heterocycles. The van der Waals surface area contributed by atoms with E-state index in [4.69, 9.17) is 4.74 Å². The number of rotatable bonds is 7. The van der Waals surface area contributed by atoms with Gasteiger partial charge in [0.05, 0.1) is 30.5 Å². The number of anilines is 1. The second-order valence-electron chi connectivity index (χ2n) is 6.98. The number of carbonyl (C=O) groups is 2. The zero-order valence-electron chi connectivity index (χ0n) is 15.8. The van der Waals surface area contributed by atoms with Crippen LogP contribution in [-0.4, -0.2) is 47.9 Å². The average Bonchev–Trinajstić information content (AvgIpc) is 2.57. The lowest BCUT2D eigenvalue weighted by atomic mass is 9.79. The summed E-state index contributed by atoms with van der Waals surface area (Å²) in [5.74, 6) is -0.622. The maximum absolute atomic E-state index is 12.5. The summed E-state index contributed by atoms with van der Waals surface area (Å²) in [7, 11) is 3.63. The first-order valence-electron chi connectivity index (χ1n) is 9.06. The van der Waals surface area contributed by atoms with Crippen molar-refractivity contribution < 1.29 is 14.3 Å². The second-order valence-corrected chi connectivity index (χ2v) is 6.98. The smallest absolute Gasteiger partial charge is 0.308 e. The predicted molar refractivity (Wildman–Crippen MR) is 98.0 cm³/mol. The molecule has 0 atom stereocenters. The molecule has 1 N–H and O–H groups in total. The van der Waals surface area contributed by atoms with Crippen molar-refractivity contribution >= 4 is 17.6 Å². The topological polar surface area (TPSA) is 93.5 Å². The lowest BCUT2D eigenvalue weighted by Crippen LogP contribution is -2.52. The van der Waals surface area contributed by atoms with Crippen LogP contribution in [0.3, 0.4) is 0 Å². The first-order chi connectivity index (χ1) is 12.3. The molecule has 8 nitrogen and oxygen atoms in total. The Balaban J connectivity index is 2.07. The minimum Gasteiger partial charge on any atom is -0.466 e. The molecule has 144 valence electrons. The zero-order valence-corrected chi connectivity index (χ0v) is 15.8. The van der Waals surface area contributed by atoms with Crippen LogP contribution in [0.15, 0.2) is 17.1 Å². The molecule has 0 aromatic carbocycles. The molecule has 0 radical (unpaired) electrons. The molecule has 0 saturated heterocycles. The van der Waals surface area contributed by atoms with Crippen molar-refractivity contribution in [2.75, 3.05) is 25.6 Å². The quantitative estimate of drug-likeness (QED) is 0.728. The third kappa shape index (κ3) is 5.31. The van der Waals surface area contributed by atoms with Crippen LogP contribution in [0.25, 0.3) is 0 Å². The molecular formula is C18H28N4O4. The fourth-order valence-corrected chi connectivity index (χ4v) is 3.32. The van der Waals surface area contributed by atoms with Crippen molar-refractivity contribution in [1.29, 1.82) is 0 Å². The second kappa shape index (κ2) is 8.82. The largest absolute Gasteiger partial charge is 0.466 e. The molecule has 1 aromatic rings. The third-order valence-corrected chi connectivity index (χ3v) is 4.67. The third-order valence-electron chi connectivity index (χ3n) is 4.67. The van der Waals surface area contributed by atoms with Crippen molar-refractivity contribution in [2.45, 2.75) is 57.5 Å². The molecule has 0 unspecified atom stereocenters. The number of aromatic nitrogens is 2. The highest BCUT2D eigenvalue weighted by Gasteiger charge is 2.36. The number of nitrogens with one attached hydrogen (secondary N) is 1. The highest BCUT2D eigenvalue weighted by molar-refractivity contribution is 5.78. The van der Waals surface area contributed by atoms with Gasteiger partial charge in [-0.3, -0.25) is 14.4 Å². The highest BCUT2D eigenvalue weighted by atomic mass is 16.5. The van der Waals surface area contributed by atoms with E-state index in [0.29, 0.717) is 12.3 Å².